The molecule has 2 nitrogen and oxygen atoms in total. The van der Waals surface area contributed by atoms with E-state index in [1.54, 1.807) is 0 Å². The van der Waals surface area contributed by atoms with Crippen molar-refractivity contribution in [2.75, 3.05) is 0 Å². The van der Waals surface area contributed by atoms with Gasteiger partial charge in [-0.2, -0.15) is 5.26 Å². The van der Waals surface area contributed by atoms with Crippen LogP contribution < -0.4 is 0 Å². The molecule has 11 heavy (non-hydrogen) atoms. The van der Waals surface area contributed by atoms with Crippen LogP contribution in [-0.4, -0.2) is 11.5 Å². The van der Waals surface area contributed by atoms with E-state index in [4.69, 9.17) is 5.26 Å². The van der Waals surface area contributed by atoms with Gasteiger partial charge in [0.1, 0.15) is 11.7 Å². The Morgan fingerprint density at radius 3 is 2.82 bits per heavy atom. The Bertz CT molecular complexity index is 175. The van der Waals surface area contributed by atoms with Gasteiger partial charge < -0.3 is 4.79 Å². The highest BCUT2D eigenvalue weighted by Crippen LogP contribution is 2.31. The second-order valence-electron chi connectivity index (χ2n) is 2.83. The molecule has 3 heteroatoms. The Hall–Kier alpha value is -0.490. The summed E-state index contributed by atoms with van der Waals surface area (Å²) in [5, 5.41) is 10.8. The van der Waals surface area contributed by atoms with Crippen LogP contribution in [0.5, 0.6) is 0 Å². The third kappa shape index (κ3) is 2.23. The lowest BCUT2D eigenvalue weighted by molar-refractivity contribution is -0.111. The third-order valence-electron chi connectivity index (χ3n) is 2.13. The molecule has 0 amide bonds. The Morgan fingerprint density at radius 2 is 2.18 bits per heavy atom. The van der Waals surface area contributed by atoms with E-state index in [1.165, 1.54) is 18.2 Å². The minimum Gasteiger partial charge on any atom is -0.303 e. The van der Waals surface area contributed by atoms with E-state index in [9.17, 15) is 4.79 Å². The lowest BCUT2D eigenvalue weighted by Crippen LogP contribution is -2.22. The van der Waals surface area contributed by atoms with Crippen LogP contribution in [0.15, 0.2) is 0 Å². The number of rotatable bonds is 2. The van der Waals surface area contributed by atoms with Gasteiger partial charge in [0.25, 0.3) is 0 Å². The maximum absolute atomic E-state index is 10.5. The molecule has 60 valence electrons. The zero-order chi connectivity index (χ0) is 8.10. The summed E-state index contributed by atoms with van der Waals surface area (Å²) in [5.41, 5.74) is 0. The van der Waals surface area contributed by atoms with E-state index in [-0.39, 0.29) is 11.2 Å². The molecule has 0 bridgehead atoms. The molecular formula is C8H11NOS. The first kappa shape index (κ1) is 8.61. The van der Waals surface area contributed by atoms with E-state index >= 15 is 0 Å². The van der Waals surface area contributed by atoms with Gasteiger partial charge in [0, 0.05) is 11.2 Å². The fourth-order valence-electron chi connectivity index (χ4n) is 1.50. The van der Waals surface area contributed by atoms with Crippen LogP contribution in [0, 0.1) is 16.6 Å². The lowest BCUT2D eigenvalue weighted by atomic mass is 9.90. The fraction of sp³-hybridized carbons (Fsp3) is 0.750. The summed E-state index contributed by atoms with van der Waals surface area (Å²) in [7, 11) is 0. The van der Waals surface area contributed by atoms with E-state index in [1.807, 2.05) is 0 Å². The van der Waals surface area contributed by atoms with Crippen molar-refractivity contribution in [3.63, 3.8) is 0 Å². The second kappa shape index (κ2) is 4.40. The number of aldehydes is 1. The minimum absolute atomic E-state index is 0.133. The molecule has 0 aromatic carbocycles. The zero-order valence-corrected chi connectivity index (χ0v) is 7.14. The topological polar surface area (TPSA) is 40.9 Å². The van der Waals surface area contributed by atoms with Crippen LogP contribution in [0.2, 0.25) is 0 Å². The fourth-order valence-corrected chi connectivity index (χ4v) is 2.29. The monoisotopic (exact) mass is 169 g/mol. The van der Waals surface area contributed by atoms with Crippen LogP contribution in [0.3, 0.4) is 0 Å². The minimum atomic E-state index is 0.133. The van der Waals surface area contributed by atoms with Gasteiger partial charge in [0.2, 0.25) is 0 Å². The normalized spacial score (nSPS) is 30.8. The molecule has 0 spiro atoms. The summed E-state index contributed by atoms with van der Waals surface area (Å²) in [6.07, 6.45) is 5.33. The second-order valence-corrected chi connectivity index (χ2v) is 3.86. The van der Waals surface area contributed by atoms with Crippen LogP contribution in [-0.2, 0) is 4.79 Å². The van der Waals surface area contributed by atoms with Gasteiger partial charge in [-0.15, -0.1) is 0 Å². The molecule has 2 atom stereocenters. The average molecular weight is 169 g/mol. The molecule has 0 heterocycles. The Morgan fingerprint density at radius 1 is 1.45 bits per heavy atom. The van der Waals surface area contributed by atoms with Crippen molar-refractivity contribution in [1.82, 2.24) is 0 Å². The van der Waals surface area contributed by atoms with E-state index in [0.29, 0.717) is 0 Å². The molecule has 2 unspecified atom stereocenters. The first-order chi connectivity index (χ1) is 5.38. The Labute approximate surface area is 71.0 Å². The van der Waals surface area contributed by atoms with E-state index in [0.717, 1.165) is 25.5 Å². The molecule has 0 radical (unpaired) electrons. The standard InChI is InChI=1S/C8H11NOS/c9-6-11-8-4-2-1-3-7(8)5-10/h5,7-8H,1-4H2. The number of nitrogens with zero attached hydrogens (tertiary/aromatic N) is 1. The summed E-state index contributed by atoms with van der Waals surface area (Å²) >= 11 is 1.26. The molecule has 0 saturated heterocycles. The number of nitriles is 1. The number of carbonyl (C=O) groups excluding carboxylic acids is 1. The maximum atomic E-state index is 10.5. The molecule has 0 N–H and O–H groups in total. The van der Waals surface area contributed by atoms with Gasteiger partial charge in [0.05, 0.1) is 0 Å². The van der Waals surface area contributed by atoms with Crippen LogP contribution >= 0.6 is 11.8 Å². The van der Waals surface area contributed by atoms with Crippen LogP contribution in [0.4, 0.5) is 0 Å². The van der Waals surface area contributed by atoms with Gasteiger partial charge in [-0.05, 0) is 24.6 Å². The van der Waals surface area contributed by atoms with Crippen molar-refractivity contribution in [3.8, 4) is 5.40 Å². The summed E-state index contributed by atoms with van der Waals surface area (Å²) in [4.78, 5) is 10.5. The van der Waals surface area contributed by atoms with Crippen molar-refractivity contribution in [2.45, 2.75) is 30.9 Å². The largest absolute Gasteiger partial charge is 0.303 e. The quantitative estimate of drug-likeness (QED) is 0.468. The molecule has 0 aromatic rings. The molecule has 1 aliphatic rings. The summed E-state index contributed by atoms with van der Waals surface area (Å²) < 4.78 is 0. The smallest absolute Gasteiger partial charge is 0.133 e. The molecule has 1 aliphatic carbocycles. The first-order valence-electron chi connectivity index (χ1n) is 3.88. The SMILES string of the molecule is N#CSC1CCCCC1C=O. The molecule has 0 aromatic heterocycles. The van der Waals surface area contributed by atoms with Crippen molar-refractivity contribution in [2.24, 2.45) is 5.92 Å². The van der Waals surface area contributed by atoms with Gasteiger partial charge in [0.15, 0.2) is 0 Å². The molecular weight excluding hydrogens is 158 g/mol. The van der Waals surface area contributed by atoms with Crippen molar-refractivity contribution in [3.05, 3.63) is 0 Å². The third-order valence-corrected chi connectivity index (χ3v) is 3.13. The van der Waals surface area contributed by atoms with E-state index < -0.39 is 0 Å². The van der Waals surface area contributed by atoms with Crippen LogP contribution in [0.25, 0.3) is 0 Å². The first-order valence-corrected chi connectivity index (χ1v) is 4.76. The number of thiocyanates is 1. The Kier molecular flexibility index (Phi) is 3.44. The van der Waals surface area contributed by atoms with Gasteiger partial charge in [-0.3, -0.25) is 0 Å². The Balaban J connectivity index is 2.45. The molecule has 1 saturated carbocycles. The predicted octanol–water partition coefficient (Wildman–Crippen LogP) is 1.96. The average Bonchev–Trinajstić information content (AvgIpc) is 2.06. The van der Waals surface area contributed by atoms with Crippen molar-refractivity contribution < 1.29 is 4.79 Å². The highest BCUT2D eigenvalue weighted by atomic mass is 32.2. The molecule has 0 aliphatic heterocycles. The number of thioether (sulfide) groups is 1. The highest BCUT2D eigenvalue weighted by molar-refractivity contribution is 8.04. The summed E-state index contributed by atoms with van der Waals surface area (Å²) in [6, 6.07) is 0. The van der Waals surface area contributed by atoms with Crippen molar-refractivity contribution in [1.29, 1.82) is 5.26 Å². The summed E-state index contributed by atoms with van der Waals surface area (Å²) in [6.45, 7) is 0. The lowest BCUT2D eigenvalue weighted by Gasteiger charge is -2.24. The maximum Gasteiger partial charge on any atom is 0.133 e. The zero-order valence-electron chi connectivity index (χ0n) is 6.32. The number of carbonyl (C=O) groups is 1. The van der Waals surface area contributed by atoms with Gasteiger partial charge in [-0.25, -0.2) is 0 Å². The van der Waals surface area contributed by atoms with Gasteiger partial charge >= 0.3 is 0 Å². The highest BCUT2D eigenvalue weighted by Gasteiger charge is 2.24. The number of hydrogen-bond donors (Lipinski definition) is 0. The molecule has 1 rings (SSSR count). The van der Waals surface area contributed by atoms with E-state index in [2.05, 4.69) is 5.40 Å². The van der Waals surface area contributed by atoms with Crippen LogP contribution in [0.1, 0.15) is 25.7 Å². The van der Waals surface area contributed by atoms with Gasteiger partial charge in [-0.1, -0.05) is 12.8 Å². The summed E-state index contributed by atoms with van der Waals surface area (Å²) in [5.74, 6) is 0.133. The predicted molar refractivity (Wildman–Crippen MR) is 45.0 cm³/mol. The van der Waals surface area contributed by atoms with Crippen molar-refractivity contribution >= 4 is 18.0 Å². The molecule has 1 fully saturated rings. The number of hydrogen-bond acceptors (Lipinski definition) is 3.